The lowest BCUT2D eigenvalue weighted by Gasteiger charge is -2.30. The van der Waals surface area contributed by atoms with Gasteiger partial charge in [0, 0.05) is 44.3 Å². The Kier molecular flexibility index (Phi) is 10.6. The largest absolute Gasteiger partial charge is 0.416 e. The van der Waals surface area contributed by atoms with Crippen LogP contribution in [0.1, 0.15) is 27.8 Å². The molecule has 0 amide bonds. The molecule has 11 aromatic rings. The molecule has 0 unspecified atom stereocenters. The Hall–Kier alpha value is -8.15. The Bertz CT molecular complexity index is 3240. The van der Waals surface area contributed by atoms with E-state index in [0.29, 0.717) is 11.1 Å². The zero-order valence-electron chi connectivity index (χ0n) is 38.2. The molecule has 11 rings (SSSR count). The predicted octanol–water partition coefficient (Wildman–Crippen LogP) is 18.8. The van der Waals surface area contributed by atoms with E-state index in [-0.39, 0.29) is 0 Å². The second-order valence-corrected chi connectivity index (χ2v) is 17.9. The van der Waals surface area contributed by atoms with E-state index >= 15 is 13.2 Å². The number of anilines is 6. The third kappa shape index (κ3) is 7.50. The van der Waals surface area contributed by atoms with Crippen LogP contribution in [0.25, 0.3) is 65.3 Å². The summed E-state index contributed by atoms with van der Waals surface area (Å²) < 4.78 is 46.9. The number of nitrogens with zero attached hydrogens (tertiary/aromatic N) is 2. The van der Waals surface area contributed by atoms with Crippen LogP contribution < -0.4 is 9.80 Å². The van der Waals surface area contributed by atoms with Crippen LogP contribution in [0.3, 0.4) is 0 Å². The van der Waals surface area contributed by atoms with Gasteiger partial charge in [-0.15, -0.1) is 0 Å². The molecule has 5 heteroatoms. The van der Waals surface area contributed by atoms with Crippen LogP contribution in [0.4, 0.5) is 47.3 Å². The SMILES string of the molecule is Cc1ccc(N(c2ccc(C)cc2)c2c3ccccc3c(-c3cc(-c4c5ccccc5c(N(c5ccc(C)cc5)c5ccc(C)cc5)c5ccccc45)cc(C(F)(F)F)c3)c3ccccc23)cc1. The van der Waals surface area contributed by atoms with Crippen molar-refractivity contribution in [2.24, 2.45) is 0 Å². The number of hydrogen-bond donors (Lipinski definition) is 0. The Balaban J connectivity index is 1.21. The molecule has 0 aliphatic heterocycles. The predicted molar refractivity (Wildman–Crippen MR) is 281 cm³/mol. The van der Waals surface area contributed by atoms with Crippen LogP contribution in [-0.2, 0) is 6.18 Å². The third-order valence-electron chi connectivity index (χ3n) is 13.3. The molecule has 0 N–H and O–H groups in total. The van der Waals surface area contributed by atoms with E-state index in [4.69, 9.17) is 0 Å². The average Bonchev–Trinajstić information content (AvgIpc) is 3.35. The lowest BCUT2D eigenvalue weighted by atomic mass is 9.85. The lowest BCUT2D eigenvalue weighted by Crippen LogP contribution is -2.12. The highest BCUT2D eigenvalue weighted by Gasteiger charge is 2.33. The van der Waals surface area contributed by atoms with Gasteiger partial charge in [-0.1, -0.05) is 168 Å². The van der Waals surface area contributed by atoms with Crippen LogP contribution in [0.5, 0.6) is 0 Å². The van der Waals surface area contributed by atoms with Gasteiger partial charge >= 0.3 is 6.18 Å². The molecule has 0 spiro atoms. The summed E-state index contributed by atoms with van der Waals surface area (Å²) in [6.45, 7) is 8.31. The maximum absolute atomic E-state index is 15.6. The quantitative estimate of drug-likeness (QED) is 0.140. The standard InChI is InChI=1S/C63H47F3N2/c1-40-21-29-47(30-22-40)67(48-31-23-41(2)24-32-48)61-55-17-9-5-13-51(55)59(52-14-6-10-18-56(52)61)44-37-45(39-46(38-44)63(64,65)66)60-53-15-7-11-19-57(53)62(58-20-12-8-16-54(58)60)68(49-33-25-42(3)26-34-49)50-35-27-43(4)28-36-50/h5-39H,1-4H3. The Labute approximate surface area is 394 Å². The molecule has 0 atom stereocenters. The molecular formula is C63H47F3N2. The topological polar surface area (TPSA) is 6.48 Å². The molecule has 0 aliphatic carbocycles. The molecule has 68 heavy (non-hydrogen) atoms. The Morgan fingerprint density at radius 3 is 0.765 bits per heavy atom. The van der Waals surface area contributed by atoms with Crippen LogP contribution in [0, 0.1) is 27.7 Å². The summed E-state index contributed by atoms with van der Waals surface area (Å²) in [6.07, 6.45) is -4.64. The summed E-state index contributed by atoms with van der Waals surface area (Å²) in [6, 6.07) is 71.2. The van der Waals surface area contributed by atoms with E-state index in [1.807, 2.05) is 78.9 Å². The lowest BCUT2D eigenvalue weighted by molar-refractivity contribution is -0.137. The fourth-order valence-corrected chi connectivity index (χ4v) is 9.98. The Morgan fingerprint density at radius 1 is 0.294 bits per heavy atom. The number of halogens is 3. The van der Waals surface area contributed by atoms with Crippen molar-refractivity contribution in [2.45, 2.75) is 33.9 Å². The summed E-state index contributed by atoms with van der Waals surface area (Å²) in [4.78, 5) is 4.56. The maximum Gasteiger partial charge on any atom is 0.416 e. The van der Waals surface area contributed by atoms with Gasteiger partial charge in [-0.25, -0.2) is 0 Å². The van der Waals surface area contributed by atoms with E-state index in [9.17, 15) is 0 Å². The van der Waals surface area contributed by atoms with Gasteiger partial charge in [0.2, 0.25) is 0 Å². The second-order valence-electron chi connectivity index (χ2n) is 17.9. The molecular weight excluding hydrogens is 842 g/mol. The van der Waals surface area contributed by atoms with Crippen molar-refractivity contribution in [1.29, 1.82) is 0 Å². The zero-order chi connectivity index (χ0) is 46.7. The highest BCUT2D eigenvalue weighted by Crippen LogP contribution is 2.52. The molecule has 0 bridgehead atoms. The minimum absolute atomic E-state index is 0.490. The molecule has 0 aromatic heterocycles. The van der Waals surface area contributed by atoms with Gasteiger partial charge in [-0.2, -0.15) is 13.2 Å². The molecule has 0 saturated heterocycles. The highest BCUT2D eigenvalue weighted by molar-refractivity contribution is 6.24. The van der Waals surface area contributed by atoms with Gasteiger partial charge in [-0.3, -0.25) is 0 Å². The van der Waals surface area contributed by atoms with Crippen molar-refractivity contribution in [3.63, 3.8) is 0 Å². The molecule has 0 aliphatic rings. The van der Waals surface area contributed by atoms with Crippen molar-refractivity contribution in [3.05, 3.63) is 240 Å². The minimum atomic E-state index is -4.64. The van der Waals surface area contributed by atoms with Crippen molar-refractivity contribution >= 4 is 77.2 Å². The number of hydrogen-bond acceptors (Lipinski definition) is 2. The van der Waals surface area contributed by atoms with Gasteiger partial charge in [0.1, 0.15) is 0 Å². The molecule has 0 saturated carbocycles. The summed E-state index contributed by atoms with van der Waals surface area (Å²) in [5.41, 5.74) is 12.2. The van der Waals surface area contributed by atoms with Crippen molar-refractivity contribution in [2.75, 3.05) is 9.80 Å². The van der Waals surface area contributed by atoms with Gasteiger partial charge in [-0.05, 0) is 138 Å². The van der Waals surface area contributed by atoms with E-state index < -0.39 is 11.7 Å². The first-order valence-electron chi connectivity index (χ1n) is 23.0. The summed E-state index contributed by atoms with van der Waals surface area (Å²) >= 11 is 0. The van der Waals surface area contributed by atoms with Crippen LogP contribution in [0.2, 0.25) is 0 Å². The second kappa shape index (κ2) is 16.9. The van der Waals surface area contributed by atoms with Gasteiger partial charge in [0.15, 0.2) is 0 Å². The summed E-state index contributed by atoms with van der Waals surface area (Å²) in [5, 5.41) is 7.12. The molecule has 0 heterocycles. The van der Waals surface area contributed by atoms with Gasteiger partial charge in [0.05, 0.1) is 16.9 Å². The third-order valence-corrected chi connectivity index (χ3v) is 13.3. The number of alkyl halides is 3. The van der Waals surface area contributed by atoms with E-state index in [2.05, 4.69) is 159 Å². The van der Waals surface area contributed by atoms with Crippen molar-refractivity contribution in [1.82, 2.24) is 0 Å². The minimum Gasteiger partial charge on any atom is -0.309 e. The van der Waals surface area contributed by atoms with E-state index in [0.717, 1.165) is 111 Å². The van der Waals surface area contributed by atoms with Crippen LogP contribution in [0.15, 0.2) is 212 Å². The first kappa shape index (κ1) is 42.5. The normalized spacial score (nSPS) is 11.8. The highest BCUT2D eigenvalue weighted by atomic mass is 19.4. The zero-order valence-corrected chi connectivity index (χ0v) is 38.2. The molecule has 2 nitrogen and oxygen atoms in total. The maximum atomic E-state index is 15.6. The van der Waals surface area contributed by atoms with E-state index in [1.165, 1.54) is 12.1 Å². The fourth-order valence-electron chi connectivity index (χ4n) is 9.98. The van der Waals surface area contributed by atoms with Gasteiger partial charge in [0.25, 0.3) is 0 Å². The summed E-state index contributed by atoms with van der Waals surface area (Å²) in [7, 11) is 0. The van der Waals surface area contributed by atoms with Crippen LogP contribution in [-0.4, -0.2) is 0 Å². The number of fused-ring (bicyclic) bond motifs is 4. The van der Waals surface area contributed by atoms with Gasteiger partial charge < -0.3 is 9.80 Å². The Morgan fingerprint density at radius 2 is 0.529 bits per heavy atom. The summed E-state index contributed by atoms with van der Waals surface area (Å²) in [5.74, 6) is 0. The molecule has 11 aromatic carbocycles. The number of aryl methyl sites for hydroxylation is 4. The van der Waals surface area contributed by atoms with Crippen LogP contribution >= 0.6 is 0 Å². The first-order valence-corrected chi connectivity index (χ1v) is 23.0. The molecule has 330 valence electrons. The fraction of sp³-hybridized carbons (Fsp3) is 0.0794. The number of benzene rings is 11. The number of rotatable bonds is 8. The monoisotopic (exact) mass is 888 g/mol. The van der Waals surface area contributed by atoms with Crippen molar-refractivity contribution in [3.8, 4) is 22.3 Å². The molecule has 0 radical (unpaired) electrons. The average molecular weight is 889 g/mol. The van der Waals surface area contributed by atoms with Crippen molar-refractivity contribution < 1.29 is 13.2 Å². The van der Waals surface area contributed by atoms with E-state index in [1.54, 1.807) is 0 Å². The smallest absolute Gasteiger partial charge is 0.309 e. The first-order chi connectivity index (χ1) is 33.0. The molecule has 0 fully saturated rings.